The first-order chi connectivity index (χ1) is 8.70. The summed E-state index contributed by atoms with van der Waals surface area (Å²) in [5.74, 6) is -0.0152. The highest BCUT2D eigenvalue weighted by molar-refractivity contribution is 7.10. The SMILES string of the molecule is CCc1ccc(C(=O)NC(C)c2cccs2)cc1. The zero-order valence-electron chi connectivity index (χ0n) is 10.6. The lowest BCUT2D eigenvalue weighted by molar-refractivity contribution is 0.0940. The molecule has 2 rings (SSSR count). The molecule has 0 aliphatic carbocycles. The molecule has 1 N–H and O–H groups in total. The van der Waals surface area contributed by atoms with Gasteiger partial charge in [-0.2, -0.15) is 0 Å². The number of thiophene rings is 1. The van der Waals surface area contributed by atoms with Crippen molar-refractivity contribution in [3.8, 4) is 0 Å². The van der Waals surface area contributed by atoms with Gasteiger partial charge >= 0.3 is 0 Å². The summed E-state index contributed by atoms with van der Waals surface area (Å²) in [4.78, 5) is 13.2. The Morgan fingerprint density at radius 3 is 2.56 bits per heavy atom. The Morgan fingerprint density at radius 2 is 2.00 bits per heavy atom. The van der Waals surface area contributed by atoms with Crippen molar-refractivity contribution >= 4 is 17.2 Å². The third-order valence-corrected chi connectivity index (χ3v) is 4.00. The van der Waals surface area contributed by atoms with E-state index in [-0.39, 0.29) is 11.9 Å². The van der Waals surface area contributed by atoms with Crippen molar-refractivity contribution in [3.05, 3.63) is 57.8 Å². The molecule has 0 saturated carbocycles. The molecule has 0 aliphatic rings. The Bertz CT molecular complexity index is 502. The molecule has 2 nitrogen and oxygen atoms in total. The van der Waals surface area contributed by atoms with Crippen LogP contribution in [0.2, 0.25) is 0 Å². The van der Waals surface area contributed by atoms with Crippen molar-refractivity contribution in [2.24, 2.45) is 0 Å². The quantitative estimate of drug-likeness (QED) is 0.889. The number of amides is 1. The second-order valence-electron chi connectivity index (χ2n) is 4.26. The lowest BCUT2D eigenvalue weighted by Gasteiger charge is -2.12. The maximum Gasteiger partial charge on any atom is 0.251 e. The number of nitrogens with one attached hydrogen (secondary N) is 1. The molecule has 0 fully saturated rings. The average Bonchev–Trinajstić information content (AvgIpc) is 2.92. The van der Waals surface area contributed by atoms with Crippen LogP contribution in [0.4, 0.5) is 0 Å². The average molecular weight is 259 g/mol. The van der Waals surface area contributed by atoms with Gasteiger partial charge in [-0.05, 0) is 42.5 Å². The summed E-state index contributed by atoms with van der Waals surface area (Å²) in [6.45, 7) is 4.11. The third kappa shape index (κ3) is 2.99. The number of hydrogen-bond acceptors (Lipinski definition) is 2. The fraction of sp³-hybridized carbons (Fsp3) is 0.267. The summed E-state index contributed by atoms with van der Waals surface area (Å²) in [7, 11) is 0. The van der Waals surface area contributed by atoms with Gasteiger partial charge in [-0.1, -0.05) is 25.1 Å². The number of hydrogen-bond donors (Lipinski definition) is 1. The van der Waals surface area contributed by atoms with Crippen LogP contribution in [0.25, 0.3) is 0 Å². The van der Waals surface area contributed by atoms with E-state index in [9.17, 15) is 4.79 Å². The van der Waals surface area contributed by atoms with Crippen LogP contribution in [-0.2, 0) is 6.42 Å². The molecule has 1 unspecified atom stereocenters. The maximum atomic E-state index is 12.0. The molecular weight excluding hydrogens is 242 g/mol. The van der Waals surface area contributed by atoms with Gasteiger partial charge in [0, 0.05) is 10.4 Å². The summed E-state index contributed by atoms with van der Waals surface area (Å²) < 4.78 is 0. The lowest BCUT2D eigenvalue weighted by atomic mass is 10.1. The lowest BCUT2D eigenvalue weighted by Crippen LogP contribution is -2.26. The molecule has 1 atom stereocenters. The normalized spacial score (nSPS) is 12.1. The number of benzene rings is 1. The van der Waals surface area contributed by atoms with Crippen molar-refractivity contribution in [1.29, 1.82) is 0 Å². The molecule has 1 aromatic heterocycles. The van der Waals surface area contributed by atoms with Crippen LogP contribution in [0.3, 0.4) is 0 Å². The van der Waals surface area contributed by atoms with E-state index in [2.05, 4.69) is 12.2 Å². The molecule has 0 aliphatic heterocycles. The molecule has 2 aromatic rings. The van der Waals surface area contributed by atoms with Gasteiger partial charge in [0.25, 0.3) is 5.91 Å². The summed E-state index contributed by atoms with van der Waals surface area (Å²) in [6.07, 6.45) is 0.994. The van der Waals surface area contributed by atoms with Crippen LogP contribution in [-0.4, -0.2) is 5.91 Å². The van der Waals surface area contributed by atoms with Gasteiger partial charge in [0.2, 0.25) is 0 Å². The van der Waals surface area contributed by atoms with Crippen LogP contribution < -0.4 is 5.32 Å². The van der Waals surface area contributed by atoms with Crippen molar-refractivity contribution in [3.63, 3.8) is 0 Å². The Balaban J connectivity index is 2.03. The highest BCUT2D eigenvalue weighted by Crippen LogP contribution is 2.18. The molecule has 0 radical (unpaired) electrons. The Labute approximate surface area is 112 Å². The maximum absolute atomic E-state index is 12.0. The van der Waals surface area contributed by atoms with E-state index in [0.717, 1.165) is 12.0 Å². The molecule has 1 aromatic carbocycles. The van der Waals surface area contributed by atoms with Crippen LogP contribution in [0.15, 0.2) is 41.8 Å². The van der Waals surface area contributed by atoms with Gasteiger partial charge in [0.1, 0.15) is 0 Å². The number of carbonyl (C=O) groups is 1. The van der Waals surface area contributed by atoms with E-state index in [0.29, 0.717) is 0 Å². The van der Waals surface area contributed by atoms with Gasteiger partial charge in [0.15, 0.2) is 0 Å². The molecule has 18 heavy (non-hydrogen) atoms. The summed E-state index contributed by atoms with van der Waals surface area (Å²) >= 11 is 1.66. The molecular formula is C15H17NOS. The van der Waals surface area contributed by atoms with Gasteiger partial charge < -0.3 is 5.32 Å². The van der Waals surface area contributed by atoms with Crippen LogP contribution >= 0.6 is 11.3 Å². The second kappa shape index (κ2) is 5.83. The smallest absolute Gasteiger partial charge is 0.251 e. The fourth-order valence-corrected chi connectivity index (χ4v) is 2.52. The van der Waals surface area contributed by atoms with Gasteiger partial charge in [-0.25, -0.2) is 0 Å². The van der Waals surface area contributed by atoms with Gasteiger partial charge in [0.05, 0.1) is 6.04 Å². The highest BCUT2D eigenvalue weighted by atomic mass is 32.1. The first-order valence-corrected chi connectivity index (χ1v) is 7.02. The molecule has 1 amide bonds. The summed E-state index contributed by atoms with van der Waals surface area (Å²) in [5, 5.41) is 5.03. The van der Waals surface area contributed by atoms with E-state index in [1.807, 2.05) is 48.7 Å². The first kappa shape index (κ1) is 12.8. The minimum absolute atomic E-state index is 0.0152. The van der Waals surface area contributed by atoms with E-state index in [4.69, 9.17) is 0 Å². The van der Waals surface area contributed by atoms with Crippen molar-refractivity contribution in [1.82, 2.24) is 5.32 Å². The standard InChI is InChI=1S/C15H17NOS/c1-3-12-6-8-13(9-7-12)15(17)16-11(2)14-5-4-10-18-14/h4-11H,3H2,1-2H3,(H,16,17). The number of carbonyl (C=O) groups excluding carboxylic acids is 1. The molecule has 94 valence electrons. The Kier molecular flexibility index (Phi) is 4.15. The third-order valence-electron chi connectivity index (χ3n) is 2.94. The molecule has 0 bridgehead atoms. The van der Waals surface area contributed by atoms with Crippen LogP contribution in [0.1, 0.15) is 40.7 Å². The second-order valence-corrected chi connectivity index (χ2v) is 5.24. The zero-order valence-corrected chi connectivity index (χ0v) is 11.5. The Morgan fingerprint density at radius 1 is 1.28 bits per heavy atom. The molecule has 3 heteroatoms. The fourth-order valence-electron chi connectivity index (χ4n) is 1.78. The minimum Gasteiger partial charge on any atom is -0.345 e. The predicted molar refractivity (Wildman–Crippen MR) is 76.0 cm³/mol. The highest BCUT2D eigenvalue weighted by Gasteiger charge is 2.11. The zero-order chi connectivity index (χ0) is 13.0. The van der Waals surface area contributed by atoms with Crippen molar-refractivity contribution < 1.29 is 4.79 Å². The van der Waals surface area contributed by atoms with E-state index >= 15 is 0 Å². The van der Waals surface area contributed by atoms with Crippen LogP contribution in [0.5, 0.6) is 0 Å². The topological polar surface area (TPSA) is 29.1 Å². The summed E-state index contributed by atoms with van der Waals surface area (Å²) in [6, 6.07) is 11.9. The largest absolute Gasteiger partial charge is 0.345 e. The molecule has 1 heterocycles. The molecule has 0 saturated heterocycles. The van der Waals surface area contributed by atoms with Gasteiger partial charge in [-0.15, -0.1) is 11.3 Å². The molecule has 0 spiro atoms. The predicted octanol–water partition coefficient (Wildman–Crippen LogP) is 3.80. The number of aryl methyl sites for hydroxylation is 1. The van der Waals surface area contributed by atoms with Crippen molar-refractivity contribution in [2.45, 2.75) is 26.3 Å². The van der Waals surface area contributed by atoms with Crippen molar-refractivity contribution in [2.75, 3.05) is 0 Å². The van der Waals surface area contributed by atoms with E-state index in [1.165, 1.54) is 10.4 Å². The van der Waals surface area contributed by atoms with E-state index in [1.54, 1.807) is 11.3 Å². The van der Waals surface area contributed by atoms with E-state index < -0.39 is 0 Å². The Hall–Kier alpha value is -1.61. The minimum atomic E-state index is -0.0152. The summed E-state index contributed by atoms with van der Waals surface area (Å²) in [5.41, 5.74) is 1.97. The first-order valence-electron chi connectivity index (χ1n) is 6.14. The number of rotatable bonds is 4. The van der Waals surface area contributed by atoms with Gasteiger partial charge in [-0.3, -0.25) is 4.79 Å². The monoisotopic (exact) mass is 259 g/mol. The van der Waals surface area contributed by atoms with Crippen LogP contribution in [0, 0.1) is 0 Å².